The molecule has 4 aromatic carbocycles. The summed E-state index contributed by atoms with van der Waals surface area (Å²) in [5, 5.41) is 0. The van der Waals surface area contributed by atoms with Crippen molar-refractivity contribution in [2.45, 2.75) is 5.92 Å². The second-order valence-electron chi connectivity index (χ2n) is 7.82. The van der Waals surface area contributed by atoms with Gasteiger partial charge in [0.1, 0.15) is 11.7 Å². The summed E-state index contributed by atoms with van der Waals surface area (Å²) < 4.78 is 5.23. The highest BCUT2D eigenvalue weighted by Gasteiger charge is 2.36. The van der Waals surface area contributed by atoms with E-state index in [1.165, 1.54) is 0 Å². The number of benzene rings is 4. The lowest BCUT2D eigenvalue weighted by atomic mass is 9.77. The molecule has 4 aromatic rings. The van der Waals surface area contributed by atoms with Crippen LogP contribution in [0, 0.1) is 17.8 Å². The number of Topliss-reactive ketones (excluding diaryl/α,β-unsaturated/α-hetero) is 2. The Morgan fingerprint density at radius 1 is 0.647 bits per heavy atom. The van der Waals surface area contributed by atoms with Crippen LogP contribution in [0.3, 0.4) is 0 Å². The van der Waals surface area contributed by atoms with Crippen LogP contribution < -0.4 is 4.74 Å². The molecule has 0 radical (unpaired) electrons. The van der Waals surface area contributed by atoms with Gasteiger partial charge in [0.05, 0.1) is 13.0 Å². The van der Waals surface area contributed by atoms with Gasteiger partial charge in [-0.25, -0.2) is 0 Å². The summed E-state index contributed by atoms with van der Waals surface area (Å²) in [6.45, 7) is 0. The fourth-order valence-electron chi connectivity index (χ4n) is 3.84. The molecule has 0 N–H and O–H groups in total. The molecule has 0 aliphatic rings. The molecule has 0 bridgehead atoms. The molecule has 4 rings (SSSR count). The molecule has 34 heavy (non-hydrogen) atoms. The van der Waals surface area contributed by atoms with Crippen LogP contribution in [0.2, 0.25) is 0 Å². The lowest BCUT2D eigenvalue weighted by Gasteiger charge is -2.22. The van der Waals surface area contributed by atoms with Gasteiger partial charge in [0.15, 0.2) is 11.6 Å². The number of carbonyl (C=O) groups excluding carboxylic acids is 2. The standard InChI is InChI=1S/C31H24O3/c1-34-27-20-17-23(18-21-27)19-22-28(24-11-5-2-6-12-24)29(30(32)25-13-7-3-8-14-25)31(33)26-15-9-4-10-16-26/h2-18,20-21,28-29H,1H3. The third kappa shape index (κ3) is 5.31. The maximum absolute atomic E-state index is 13.8. The van der Waals surface area contributed by atoms with Crippen LogP contribution in [0.25, 0.3) is 0 Å². The van der Waals surface area contributed by atoms with E-state index < -0.39 is 11.8 Å². The Kier molecular flexibility index (Phi) is 7.32. The first-order valence-electron chi connectivity index (χ1n) is 11.1. The van der Waals surface area contributed by atoms with E-state index in [1.807, 2.05) is 66.7 Å². The number of rotatable bonds is 7. The largest absolute Gasteiger partial charge is 0.497 e. The maximum atomic E-state index is 13.8. The van der Waals surface area contributed by atoms with Gasteiger partial charge in [-0.15, -0.1) is 0 Å². The highest BCUT2D eigenvalue weighted by atomic mass is 16.5. The number of ether oxygens (including phenoxy) is 1. The molecule has 0 aromatic heterocycles. The predicted octanol–water partition coefficient (Wildman–Crippen LogP) is 6.21. The van der Waals surface area contributed by atoms with Crippen molar-refractivity contribution >= 4 is 11.6 Å². The van der Waals surface area contributed by atoms with Crippen molar-refractivity contribution in [1.82, 2.24) is 0 Å². The molecule has 0 saturated carbocycles. The molecule has 0 aliphatic heterocycles. The Morgan fingerprint density at radius 3 is 1.59 bits per heavy atom. The van der Waals surface area contributed by atoms with Gasteiger partial charge in [-0.2, -0.15) is 0 Å². The van der Waals surface area contributed by atoms with Gasteiger partial charge in [-0.05, 0) is 29.8 Å². The highest BCUT2D eigenvalue weighted by molar-refractivity contribution is 6.17. The molecule has 1 unspecified atom stereocenters. The van der Waals surface area contributed by atoms with Gasteiger partial charge < -0.3 is 4.74 Å². The van der Waals surface area contributed by atoms with Crippen molar-refractivity contribution in [2.75, 3.05) is 7.11 Å². The zero-order chi connectivity index (χ0) is 23.8. The van der Waals surface area contributed by atoms with Gasteiger partial charge in [0.2, 0.25) is 0 Å². The van der Waals surface area contributed by atoms with Crippen molar-refractivity contribution in [3.63, 3.8) is 0 Å². The van der Waals surface area contributed by atoms with Gasteiger partial charge in [0.25, 0.3) is 0 Å². The van der Waals surface area contributed by atoms with Crippen LogP contribution in [0.5, 0.6) is 5.75 Å². The summed E-state index contributed by atoms with van der Waals surface area (Å²) >= 11 is 0. The first-order chi connectivity index (χ1) is 16.7. The number of carbonyl (C=O) groups is 2. The Hall–Kier alpha value is -4.42. The minimum atomic E-state index is -0.988. The lowest BCUT2D eigenvalue weighted by Crippen LogP contribution is -2.30. The number of hydrogen-bond acceptors (Lipinski definition) is 3. The Labute approximate surface area is 200 Å². The van der Waals surface area contributed by atoms with Crippen molar-refractivity contribution in [2.24, 2.45) is 5.92 Å². The molecule has 0 fully saturated rings. The van der Waals surface area contributed by atoms with E-state index in [-0.39, 0.29) is 11.6 Å². The molecule has 3 nitrogen and oxygen atoms in total. The topological polar surface area (TPSA) is 43.4 Å². The average molecular weight is 445 g/mol. The van der Waals surface area contributed by atoms with Crippen LogP contribution >= 0.6 is 0 Å². The number of ketones is 2. The minimum absolute atomic E-state index is 0.243. The van der Waals surface area contributed by atoms with E-state index in [2.05, 4.69) is 11.8 Å². The Morgan fingerprint density at radius 2 is 1.12 bits per heavy atom. The molecule has 166 valence electrons. The molecule has 0 aliphatic carbocycles. The van der Waals surface area contributed by atoms with E-state index >= 15 is 0 Å². The van der Waals surface area contributed by atoms with E-state index in [0.717, 1.165) is 16.9 Å². The molecular weight excluding hydrogens is 420 g/mol. The molecular formula is C31H24O3. The van der Waals surface area contributed by atoms with Crippen molar-refractivity contribution in [3.8, 4) is 17.6 Å². The summed E-state index contributed by atoms with van der Waals surface area (Å²) in [6, 6.07) is 34.8. The smallest absolute Gasteiger partial charge is 0.175 e. The zero-order valence-corrected chi connectivity index (χ0v) is 18.8. The first kappa shape index (κ1) is 22.8. The van der Waals surface area contributed by atoms with Crippen LogP contribution in [0.15, 0.2) is 115 Å². The van der Waals surface area contributed by atoms with Crippen LogP contribution in [0.4, 0.5) is 0 Å². The van der Waals surface area contributed by atoms with Gasteiger partial charge in [-0.1, -0.05) is 103 Å². The minimum Gasteiger partial charge on any atom is -0.497 e. The maximum Gasteiger partial charge on any atom is 0.175 e. The van der Waals surface area contributed by atoms with Crippen molar-refractivity contribution in [3.05, 3.63) is 138 Å². The normalized spacial score (nSPS) is 11.2. The van der Waals surface area contributed by atoms with E-state index in [4.69, 9.17) is 4.74 Å². The van der Waals surface area contributed by atoms with E-state index in [9.17, 15) is 9.59 Å². The van der Waals surface area contributed by atoms with Crippen LogP contribution in [0.1, 0.15) is 37.8 Å². The number of hydrogen-bond donors (Lipinski definition) is 0. The van der Waals surface area contributed by atoms with Crippen molar-refractivity contribution in [1.29, 1.82) is 0 Å². The number of methoxy groups -OCH3 is 1. The Bertz CT molecular complexity index is 1250. The summed E-state index contributed by atoms with van der Waals surface area (Å²) in [4.78, 5) is 27.5. The summed E-state index contributed by atoms with van der Waals surface area (Å²) in [5.41, 5.74) is 2.58. The quantitative estimate of drug-likeness (QED) is 0.193. The van der Waals surface area contributed by atoms with E-state index in [0.29, 0.717) is 11.1 Å². The third-order valence-electron chi connectivity index (χ3n) is 5.64. The summed E-state index contributed by atoms with van der Waals surface area (Å²) in [6.07, 6.45) is 0. The summed E-state index contributed by atoms with van der Waals surface area (Å²) in [5.74, 6) is 5.08. The molecule has 0 spiro atoms. The fraction of sp³-hybridized carbons (Fsp3) is 0.0968. The molecule has 3 heteroatoms. The molecule has 0 heterocycles. The first-order valence-corrected chi connectivity index (χ1v) is 11.1. The average Bonchev–Trinajstić information content (AvgIpc) is 2.92. The fourth-order valence-corrected chi connectivity index (χ4v) is 3.84. The predicted molar refractivity (Wildman–Crippen MR) is 134 cm³/mol. The molecule has 0 saturated heterocycles. The van der Waals surface area contributed by atoms with Crippen LogP contribution in [-0.4, -0.2) is 18.7 Å². The summed E-state index contributed by atoms with van der Waals surface area (Å²) in [7, 11) is 1.61. The van der Waals surface area contributed by atoms with E-state index in [1.54, 1.807) is 55.6 Å². The lowest BCUT2D eigenvalue weighted by molar-refractivity contribution is 0.0797. The monoisotopic (exact) mass is 444 g/mol. The van der Waals surface area contributed by atoms with Gasteiger partial charge in [0, 0.05) is 16.7 Å². The molecule has 1 atom stereocenters. The van der Waals surface area contributed by atoms with Gasteiger partial charge in [-0.3, -0.25) is 9.59 Å². The Balaban J connectivity index is 1.83. The highest BCUT2D eigenvalue weighted by Crippen LogP contribution is 2.31. The van der Waals surface area contributed by atoms with Crippen LogP contribution in [-0.2, 0) is 0 Å². The second kappa shape index (κ2) is 10.9. The SMILES string of the molecule is COc1ccc(C#CC(c2ccccc2)C(C(=O)c2ccccc2)C(=O)c2ccccc2)cc1. The zero-order valence-electron chi connectivity index (χ0n) is 18.8. The van der Waals surface area contributed by atoms with Crippen molar-refractivity contribution < 1.29 is 14.3 Å². The third-order valence-corrected chi connectivity index (χ3v) is 5.64. The molecule has 0 amide bonds. The second-order valence-corrected chi connectivity index (χ2v) is 7.82. The van der Waals surface area contributed by atoms with Gasteiger partial charge >= 0.3 is 0 Å².